The van der Waals surface area contributed by atoms with Crippen molar-refractivity contribution in [2.75, 3.05) is 6.54 Å². The number of carbonyl (C=O) groups is 1. The fourth-order valence-corrected chi connectivity index (χ4v) is 1.58. The van der Waals surface area contributed by atoms with Gasteiger partial charge in [0.15, 0.2) is 0 Å². The van der Waals surface area contributed by atoms with E-state index < -0.39 is 0 Å². The maximum atomic E-state index is 10.7. The maximum absolute atomic E-state index is 10.7. The summed E-state index contributed by atoms with van der Waals surface area (Å²) in [6, 6.07) is -0.347. The molecule has 0 aromatic rings. The third-order valence-electron chi connectivity index (χ3n) is 1.75. The first kappa shape index (κ1) is 7.72. The minimum Gasteiger partial charge on any atom is -0.351 e. The Hall–Kier alpha value is -0.380. The minimum absolute atomic E-state index is 0.0475. The smallest absolute Gasteiger partial charge is 0.315 e. The lowest BCUT2D eigenvalue weighted by molar-refractivity contribution is 0.188. The van der Waals surface area contributed by atoms with Gasteiger partial charge >= 0.3 is 6.03 Å². The fourth-order valence-electron chi connectivity index (χ4n) is 1.17. The molecule has 1 fully saturated rings. The molecule has 1 heterocycles. The van der Waals surface area contributed by atoms with Crippen molar-refractivity contribution in [2.24, 2.45) is 5.73 Å². The average Bonchev–Trinajstić information content (AvgIpc) is 1.88. The maximum Gasteiger partial charge on any atom is 0.315 e. The van der Waals surface area contributed by atoms with E-state index in [-0.39, 0.29) is 11.4 Å². The molecule has 2 N–H and O–H groups in total. The minimum atomic E-state index is -0.347. The van der Waals surface area contributed by atoms with Crippen LogP contribution < -0.4 is 5.73 Å². The molecule has 0 aromatic carbocycles. The predicted octanol–water partition coefficient (Wildman–Crippen LogP) is 0.807. The topological polar surface area (TPSA) is 46.3 Å². The molecule has 1 atom stereocenters. The zero-order valence-electron chi connectivity index (χ0n) is 5.79. The number of likely N-dealkylation sites (tertiary alicyclic amines) is 1. The number of rotatable bonds is 0. The number of carbonyl (C=O) groups excluding carboxylic acids is 1. The normalized spacial score (nSPS) is 26.5. The lowest BCUT2D eigenvalue weighted by Crippen LogP contribution is -2.43. The molecular weight excluding hydrogens is 148 g/mol. The molecule has 10 heavy (non-hydrogen) atoms. The van der Waals surface area contributed by atoms with E-state index in [1.807, 2.05) is 0 Å². The third-order valence-corrected chi connectivity index (χ3v) is 2.29. The zero-order chi connectivity index (χ0) is 7.56. The SMILES string of the molecule is NC(=O)N1CCCCC1S. The van der Waals surface area contributed by atoms with Gasteiger partial charge in [-0.15, -0.1) is 0 Å². The molecule has 2 amide bonds. The van der Waals surface area contributed by atoms with Crippen LogP contribution in [0.3, 0.4) is 0 Å². The largest absolute Gasteiger partial charge is 0.351 e. The molecule has 0 aromatic heterocycles. The van der Waals surface area contributed by atoms with Crippen LogP contribution in [0.1, 0.15) is 19.3 Å². The molecule has 0 spiro atoms. The van der Waals surface area contributed by atoms with Crippen molar-refractivity contribution in [3.8, 4) is 0 Å². The quantitative estimate of drug-likeness (QED) is 0.506. The van der Waals surface area contributed by atoms with E-state index in [1.54, 1.807) is 4.90 Å². The van der Waals surface area contributed by atoms with E-state index in [0.717, 1.165) is 25.8 Å². The number of piperidine rings is 1. The Morgan fingerprint density at radius 2 is 2.30 bits per heavy atom. The highest BCUT2D eigenvalue weighted by Gasteiger charge is 2.21. The molecule has 3 nitrogen and oxygen atoms in total. The summed E-state index contributed by atoms with van der Waals surface area (Å²) in [5.74, 6) is 0. The lowest BCUT2D eigenvalue weighted by Gasteiger charge is -2.30. The monoisotopic (exact) mass is 160 g/mol. The first-order valence-electron chi connectivity index (χ1n) is 3.46. The van der Waals surface area contributed by atoms with Crippen molar-refractivity contribution in [3.05, 3.63) is 0 Å². The van der Waals surface area contributed by atoms with Gasteiger partial charge < -0.3 is 10.6 Å². The van der Waals surface area contributed by atoms with E-state index in [9.17, 15) is 4.79 Å². The number of hydrogen-bond acceptors (Lipinski definition) is 2. The summed E-state index contributed by atoms with van der Waals surface area (Å²) < 4.78 is 0. The van der Waals surface area contributed by atoms with Gasteiger partial charge in [0.05, 0.1) is 5.37 Å². The highest BCUT2D eigenvalue weighted by atomic mass is 32.1. The molecule has 0 bridgehead atoms. The Balaban J connectivity index is 2.47. The summed E-state index contributed by atoms with van der Waals surface area (Å²) in [7, 11) is 0. The summed E-state index contributed by atoms with van der Waals surface area (Å²) >= 11 is 4.22. The fraction of sp³-hybridized carbons (Fsp3) is 0.833. The molecule has 1 aliphatic heterocycles. The number of thiol groups is 1. The molecule has 58 valence electrons. The van der Waals surface area contributed by atoms with Crippen LogP contribution in [0, 0.1) is 0 Å². The standard InChI is InChI=1S/C6H12N2OS/c7-6(9)8-4-2-1-3-5(8)10/h5,10H,1-4H2,(H2,7,9). The second-order valence-electron chi connectivity index (χ2n) is 2.51. The van der Waals surface area contributed by atoms with Gasteiger partial charge in [0.2, 0.25) is 0 Å². The van der Waals surface area contributed by atoms with Crippen LogP contribution in [0.4, 0.5) is 4.79 Å². The Kier molecular flexibility index (Phi) is 2.43. The summed E-state index contributed by atoms with van der Waals surface area (Å²) in [6.07, 6.45) is 3.17. The summed E-state index contributed by atoms with van der Waals surface area (Å²) in [5.41, 5.74) is 5.10. The van der Waals surface area contributed by atoms with E-state index in [1.165, 1.54) is 0 Å². The van der Waals surface area contributed by atoms with Crippen molar-refractivity contribution in [1.82, 2.24) is 4.90 Å². The van der Waals surface area contributed by atoms with Crippen molar-refractivity contribution < 1.29 is 4.79 Å². The van der Waals surface area contributed by atoms with Gasteiger partial charge in [-0.25, -0.2) is 4.79 Å². The van der Waals surface area contributed by atoms with Crippen LogP contribution in [0.5, 0.6) is 0 Å². The molecule has 1 unspecified atom stereocenters. The summed E-state index contributed by atoms with van der Waals surface area (Å²) in [6.45, 7) is 0.767. The lowest BCUT2D eigenvalue weighted by atomic mass is 10.1. The first-order valence-corrected chi connectivity index (χ1v) is 3.97. The van der Waals surface area contributed by atoms with Gasteiger partial charge in [-0.05, 0) is 19.3 Å². The van der Waals surface area contributed by atoms with E-state index in [0.29, 0.717) is 0 Å². The van der Waals surface area contributed by atoms with E-state index >= 15 is 0 Å². The highest BCUT2D eigenvalue weighted by molar-refractivity contribution is 7.80. The number of nitrogens with zero attached hydrogens (tertiary/aromatic N) is 1. The van der Waals surface area contributed by atoms with Gasteiger partial charge in [0.25, 0.3) is 0 Å². The van der Waals surface area contributed by atoms with Crippen molar-refractivity contribution in [1.29, 1.82) is 0 Å². The van der Waals surface area contributed by atoms with Gasteiger partial charge in [0, 0.05) is 6.54 Å². The number of hydrogen-bond donors (Lipinski definition) is 2. The molecule has 4 heteroatoms. The van der Waals surface area contributed by atoms with Crippen LogP contribution in [-0.4, -0.2) is 22.8 Å². The van der Waals surface area contributed by atoms with Gasteiger partial charge in [-0.2, -0.15) is 12.6 Å². The summed E-state index contributed by atoms with van der Waals surface area (Å²) in [5, 5.41) is 0.0475. The number of amides is 2. The molecule has 1 aliphatic rings. The molecule has 0 radical (unpaired) electrons. The van der Waals surface area contributed by atoms with E-state index in [4.69, 9.17) is 5.73 Å². The van der Waals surface area contributed by atoms with Crippen molar-refractivity contribution >= 4 is 18.7 Å². The molecule has 1 saturated heterocycles. The summed E-state index contributed by atoms with van der Waals surface area (Å²) in [4.78, 5) is 12.3. The second kappa shape index (κ2) is 3.14. The molecule has 0 aliphatic carbocycles. The van der Waals surface area contributed by atoms with Crippen LogP contribution in [0.25, 0.3) is 0 Å². The van der Waals surface area contributed by atoms with Crippen LogP contribution >= 0.6 is 12.6 Å². The van der Waals surface area contributed by atoms with Crippen LogP contribution in [0.2, 0.25) is 0 Å². The Bertz CT molecular complexity index is 140. The first-order chi connectivity index (χ1) is 4.72. The highest BCUT2D eigenvalue weighted by Crippen LogP contribution is 2.18. The predicted molar refractivity (Wildman–Crippen MR) is 42.9 cm³/mol. The van der Waals surface area contributed by atoms with Crippen LogP contribution in [-0.2, 0) is 0 Å². The van der Waals surface area contributed by atoms with E-state index in [2.05, 4.69) is 12.6 Å². The zero-order valence-corrected chi connectivity index (χ0v) is 6.68. The number of primary amides is 1. The Morgan fingerprint density at radius 1 is 1.60 bits per heavy atom. The van der Waals surface area contributed by atoms with Crippen molar-refractivity contribution in [3.63, 3.8) is 0 Å². The van der Waals surface area contributed by atoms with Gasteiger partial charge in [0.1, 0.15) is 0 Å². The Morgan fingerprint density at radius 3 is 2.70 bits per heavy atom. The van der Waals surface area contributed by atoms with Crippen LogP contribution in [0.15, 0.2) is 0 Å². The van der Waals surface area contributed by atoms with Crippen molar-refractivity contribution in [2.45, 2.75) is 24.6 Å². The molecule has 0 saturated carbocycles. The number of urea groups is 1. The molecular formula is C6H12N2OS. The Labute approximate surface area is 66.0 Å². The molecule has 1 rings (SSSR count). The van der Waals surface area contributed by atoms with Gasteiger partial charge in [-0.1, -0.05) is 0 Å². The average molecular weight is 160 g/mol. The second-order valence-corrected chi connectivity index (χ2v) is 3.10. The van der Waals surface area contributed by atoms with Gasteiger partial charge in [-0.3, -0.25) is 0 Å². The number of nitrogens with two attached hydrogens (primary N) is 1. The third kappa shape index (κ3) is 1.56.